The summed E-state index contributed by atoms with van der Waals surface area (Å²) in [4.78, 5) is 30.4. The van der Waals surface area contributed by atoms with Crippen LogP contribution in [0.1, 0.15) is 61.8 Å². The fraction of sp³-hybridized carbons (Fsp3) is 0.692. The average molecular weight is 507 g/mol. The van der Waals surface area contributed by atoms with Gasteiger partial charge in [0.1, 0.15) is 0 Å². The Kier molecular flexibility index (Phi) is 5.75. The molecule has 10 heteroatoms. The Bertz CT molecular complexity index is 1060. The predicted molar refractivity (Wildman–Crippen MR) is 125 cm³/mol. The molecule has 1 aromatic carbocycles. The lowest BCUT2D eigenvalue weighted by atomic mass is 9.71. The Hall–Kier alpha value is -2.33. The van der Waals surface area contributed by atoms with Gasteiger partial charge in [-0.25, -0.2) is 4.79 Å². The normalized spacial score (nSPS) is 34.9. The van der Waals surface area contributed by atoms with Crippen LogP contribution in [0.2, 0.25) is 0 Å². The molecule has 4 heterocycles. The number of nitrogens with zero attached hydrogens (tertiary/aromatic N) is 2. The molecule has 3 saturated heterocycles. The van der Waals surface area contributed by atoms with Crippen molar-refractivity contribution in [1.29, 1.82) is 0 Å². The van der Waals surface area contributed by atoms with Crippen molar-refractivity contribution >= 4 is 11.9 Å². The third kappa shape index (κ3) is 3.70. The SMILES string of the molecule is CC1C2[C@H](N3CCNC3=O)c3ccc(C(F)(F)F)cc3CN2C(=O)[C@]12CC[C@@H](NC1CCOCC1)C2. The smallest absolute Gasteiger partial charge is 0.381 e. The molecule has 7 nitrogen and oxygen atoms in total. The van der Waals surface area contributed by atoms with Gasteiger partial charge in [-0.15, -0.1) is 0 Å². The molecule has 4 aliphatic heterocycles. The Morgan fingerprint density at radius 2 is 1.89 bits per heavy atom. The number of fused-ring (bicyclic) bond motifs is 2. The van der Waals surface area contributed by atoms with Crippen LogP contribution in [0.3, 0.4) is 0 Å². The molecular weight excluding hydrogens is 473 g/mol. The van der Waals surface area contributed by atoms with Gasteiger partial charge in [0.05, 0.1) is 23.1 Å². The first-order valence-corrected chi connectivity index (χ1v) is 13.1. The Labute approximate surface area is 208 Å². The number of carbonyl (C=O) groups excluding carboxylic acids is 2. The second-order valence-corrected chi connectivity index (χ2v) is 11.1. The lowest BCUT2D eigenvalue weighted by molar-refractivity contribution is -0.138. The number of carbonyl (C=O) groups is 2. The number of alkyl halides is 3. The van der Waals surface area contributed by atoms with E-state index in [0.29, 0.717) is 24.7 Å². The van der Waals surface area contributed by atoms with Gasteiger partial charge < -0.3 is 25.2 Å². The highest BCUT2D eigenvalue weighted by Crippen LogP contribution is 2.58. The van der Waals surface area contributed by atoms with Crippen molar-refractivity contribution in [1.82, 2.24) is 20.4 Å². The van der Waals surface area contributed by atoms with E-state index in [1.807, 2.05) is 0 Å². The van der Waals surface area contributed by atoms with Crippen LogP contribution in [0.15, 0.2) is 18.2 Å². The molecule has 1 spiro atoms. The first-order valence-electron chi connectivity index (χ1n) is 13.1. The second-order valence-electron chi connectivity index (χ2n) is 11.1. The van der Waals surface area contributed by atoms with E-state index in [9.17, 15) is 22.8 Å². The zero-order valence-corrected chi connectivity index (χ0v) is 20.4. The largest absolute Gasteiger partial charge is 0.416 e. The van der Waals surface area contributed by atoms with Gasteiger partial charge >= 0.3 is 12.2 Å². The fourth-order valence-electron chi connectivity index (χ4n) is 7.54. The van der Waals surface area contributed by atoms with E-state index in [1.54, 1.807) is 9.80 Å². The van der Waals surface area contributed by atoms with E-state index in [1.165, 1.54) is 12.1 Å². The summed E-state index contributed by atoms with van der Waals surface area (Å²) in [5.41, 5.74) is -0.0666. The van der Waals surface area contributed by atoms with Crippen LogP contribution in [0, 0.1) is 11.3 Å². The van der Waals surface area contributed by atoms with Gasteiger partial charge in [-0.1, -0.05) is 13.0 Å². The average Bonchev–Trinajstić information content (AvgIpc) is 3.52. The zero-order chi connectivity index (χ0) is 25.2. The number of urea groups is 1. The second kappa shape index (κ2) is 8.62. The van der Waals surface area contributed by atoms with Crippen molar-refractivity contribution in [2.45, 2.75) is 75.9 Å². The van der Waals surface area contributed by atoms with Crippen LogP contribution < -0.4 is 10.6 Å². The van der Waals surface area contributed by atoms with Crippen molar-refractivity contribution < 1.29 is 27.5 Å². The lowest BCUT2D eigenvalue weighted by Gasteiger charge is -2.44. The highest BCUT2D eigenvalue weighted by Gasteiger charge is 2.63. The highest BCUT2D eigenvalue weighted by molar-refractivity contribution is 5.87. The highest BCUT2D eigenvalue weighted by atomic mass is 19.4. The number of halogens is 3. The van der Waals surface area contributed by atoms with E-state index in [2.05, 4.69) is 17.6 Å². The molecule has 2 N–H and O–H groups in total. The molecular formula is C26H33F3N4O3. The summed E-state index contributed by atoms with van der Waals surface area (Å²) in [6.07, 6.45) is -0.168. The van der Waals surface area contributed by atoms with Gasteiger partial charge in [0.25, 0.3) is 0 Å². The minimum absolute atomic E-state index is 0.0275. The lowest BCUT2D eigenvalue weighted by Crippen LogP contribution is -2.50. The fourth-order valence-corrected chi connectivity index (χ4v) is 7.54. The standard InChI is InChI=1S/C26H33F3N4O3/c1-15-21-22(32-9-8-30-24(32)35)20-3-2-17(26(27,28)29)12-16(20)14-33(21)23(34)25(15)7-4-19(13-25)31-18-5-10-36-11-6-18/h2-3,12,15,18-19,21-22,31H,4-11,13-14H2,1H3,(H,30,35)/t15?,19-,21?,22-,25+/m1/s1. The van der Waals surface area contributed by atoms with Crippen molar-refractivity contribution in [2.75, 3.05) is 26.3 Å². The molecule has 0 radical (unpaired) electrons. The minimum Gasteiger partial charge on any atom is -0.381 e. The van der Waals surface area contributed by atoms with Gasteiger partial charge in [0.15, 0.2) is 0 Å². The summed E-state index contributed by atoms with van der Waals surface area (Å²) < 4.78 is 46.1. The number of benzene rings is 1. The van der Waals surface area contributed by atoms with Gasteiger partial charge in [-0.05, 0) is 61.3 Å². The van der Waals surface area contributed by atoms with E-state index in [0.717, 1.165) is 56.9 Å². The van der Waals surface area contributed by atoms with Crippen LogP contribution in [0.25, 0.3) is 0 Å². The van der Waals surface area contributed by atoms with E-state index in [4.69, 9.17) is 4.74 Å². The van der Waals surface area contributed by atoms with E-state index in [-0.39, 0.29) is 36.5 Å². The maximum absolute atomic E-state index is 14.1. The van der Waals surface area contributed by atoms with Crippen molar-refractivity contribution in [3.8, 4) is 0 Å². The number of ether oxygens (including phenoxy) is 1. The van der Waals surface area contributed by atoms with Gasteiger partial charge in [0, 0.05) is 44.9 Å². The molecule has 36 heavy (non-hydrogen) atoms. The van der Waals surface area contributed by atoms with E-state index < -0.39 is 23.2 Å². The number of hydrogen-bond donors (Lipinski definition) is 2. The summed E-state index contributed by atoms with van der Waals surface area (Å²) >= 11 is 0. The molecule has 4 fully saturated rings. The molecule has 0 aromatic heterocycles. The zero-order valence-electron chi connectivity index (χ0n) is 20.4. The Morgan fingerprint density at radius 1 is 1.11 bits per heavy atom. The van der Waals surface area contributed by atoms with Crippen LogP contribution >= 0.6 is 0 Å². The van der Waals surface area contributed by atoms with Crippen molar-refractivity contribution in [3.05, 3.63) is 34.9 Å². The molecule has 0 bridgehead atoms. The van der Waals surface area contributed by atoms with Crippen LogP contribution in [-0.4, -0.2) is 66.2 Å². The molecule has 5 aliphatic rings. The maximum atomic E-state index is 14.1. The number of nitrogens with one attached hydrogen (secondary N) is 2. The monoisotopic (exact) mass is 506 g/mol. The summed E-state index contributed by atoms with van der Waals surface area (Å²) in [5, 5.41) is 6.59. The summed E-state index contributed by atoms with van der Waals surface area (Å²) in [6.45, 7) is 4.71. The first kappa shape index (κ1) is 24.0. The Balaban J connectivity index is 1.34. The third-order valence-electron chi connectivity index (χ3n) is 9.35. The number of rotatable bonds is 3. The first-order chi connectivity index (χ1) is 17.2. The molecule has 1 aromatic rings. The summed E-state index contributed by atoms with van der Waals surface area (Å²) in [5.74, 6) is 0.00396. The van der Waals surface area contributed by atoms with Crippen LogP contribution in [0.4, 0.5) is 18.0 Å². The molecule has 6 rings (SSSR count). The summed E-state index contributed by atoms with van der Waals surface area (Å²) in [6, 6.07) is 3.48. The van der Waals surface area contributed by atoms with E-state index >= 15 is 0 Å². The third-order valence-corrected chi connectivity index (χ3v) is 9.35. The molecule has 5 atom stereocenters. The Morgan fingerprint density at radius 3 is 2.58 bits per heavy atom. The number of hydrogen-bond acceptors (Lipinski definition) is 4. The van der Waals surface area contributed by atoms with Crippen LogP contribution in [0.5, 0.6) is 0 Å². The predicted octanol–water partition coefficient (Wildman–Crippen LogP) is 3.44. The van der Waals surface area contributed by atoms with Gasteiger partial charge in [0.2, 0.25) is 5.91 Å². The molecule has 1 aliphatic carbocycles. The molecule has 196 valence electrons. The summed E-state index contributed by atoms with van der Waals surface area (Å²) in [7, 11) is 0. The van der Waals surface area contributed by atoms with Gasteiger partial charge in [-0.2, -0.15) is 13.2 Å². The maximum Gasteiger partial charge on any atom is 0.416 e. The topological polar surface area (TPSA) is 73.9 Å². The minimum atomic E-state index is -4.47. The van der Waals surface area contributed by atoms with Crippen molar-refractivity contribution in [3.63, 3.8) is 0 Å². The number of amides is 3. The quantitative estimate of drug-likeness (QED) is 0.659. The molecule has 1 saturated carbocycles. The molecule has 2 unspecified atom stereocenters. The van der Waals surface area contributed by atoms with Gasteiger partial charge in [-0.3, -0.25) is 4.79 Å². The van der Waals surface area contributed by atoms with Crippen molar-refractivity contribution in [2.24, 2.45) is 11.3 Å². The van der Waals surface area contributed by atoms with Crippen LogP contribution in [-0.2, 0) is 22.3 Å². The molecule has 3 amide bonds.